The van der Waals surface area contributed by atoms with Crippen LogP contribution in [0.25, 0.3) is 0 Å². The van der Waals surface area contributed by atoms with E-state index in [0.717, 1.165) is 37.1 Å². The molecule has 1 aromatic carbocycles. The summed E-state index contributed by atoms with van der Waals surface area (Å²) >= 11 is 0. The molecule has 3 heteroatoms. The molecule has 1 spiro atoms. The van der Waals surface area contributed by atoms with Crippen LogP contribution in [0, 0.1) is 5.41 Å². The van der Waals surface area contributed by atoms with Crippen LogP contribution in [0.3, 0.4) is 0 Å². The number of nitrogens with zero attached hydrogens (tertiary/aromatic N) is 2. The molecule has 3 nitrogen and oxygen atoms in total. The zero-order valence-corrected chi connectivity index (χ0v) is 10.7. The molecule has 1 aliphatic carbocycles. The number of hydrogen-bond donors (Lipinski definition) is 0. The van der Waals surface area contributed by atoms with E-state index in [9.17, 15) is 4.79 Å². The van der Waals surface area contributed by atoms with Gasteiger partial charge < -0.3 is 0 Å². The minimum absolute atomic E-state index is 0.172. The summed E-state index contributed by atoms with van der Waals surface area (Å²) in [6.45, 7) is 2.01. The summed E-state index contributed by atoms with van der Waals surface area (Å²) in [5.41, 5.74) is 1.58. The summed E-state index contributed by atoms with van der Waals surface area (Å²) in [7, 11) is 0. The predicted octanol–water partition coefficient (Wildman–Crippen LogP) is 3.36. The van der Waals surface area contributed by atoms with Gasteiger partial charge in [0.05, 0.1) is 16.8 Å². The summed E-state index contributed by atoms with van der Waals surface area (Å²) < 4.78 is 0. The largest absolute Gasteiger partial charge is 0.271 e. The van der Waals surface area contributed by atoms with Gasteiger partial charge in [-0.1, -0.05) is 37.5 Å². The summed E-state index contributed by atoms with van der Waals surface area (Å²) in [5.74, 6) is 0.172. The number of hydrazone groups is 1. The molecule has 1 aromatic rings. The van der Waals surface area contributed by atoms with E-state index >= 15 is 0 Å². The molecule has 0 saturated heterocycles. The zero-order valence-electron chi connectivity index (χ0n) is 10.7. The van der Waals surface area contributed by atoms with E-state index in [-0.39, 0.29) is 11.3 Å². The van der Waals surface area contributed by atoms with Gasteiger partial charge >= 0.3 is 0 Å². The first-order valence-corrected chi connectivity index (χ1v) is 6.69. The Kier molecular flexibility index (Phi) is 2.69. The summed E-state index contributed by atoms with van der Waals surface area (Å²) in [4.78, 5) is 12.7. The van der Waals surface area contributed by atoms with Gasteiger partial charge in [0.25, 0.3) is 5.91 Å². The van der Waals surface area contributed by atoms with E-state index in [4.69, 9.17) is 0 Å². The normalized spacial score (nSPS) is 22.4. The van der Waals surface area contributed by atoms with Crippen LogP contribution in [-0.4, -0.2) is 11.6 Å². The molecule has 1 saturated carbocycles. The van der Waals surface area contributed by atoms with E-state index in [1.807, 2.05) is 37.3 Å². The maximum absolute atomic E-state index is 12.7. The van der Waals surface area contributed by atoms with Gasteiger partial charge in [-0.05, 0) is 31.9 Å². The van der Waals surface area contributed by atoms with Crippen molar-refractivity contribution in [3.05, 3.63) is 30.3 Å². The Labute approximate surface area is 107 Å². The van der Waals surface area contributed by atoms with E-state index in [2.05, 4.69) is 5.10 Å². The Morgan fingerprint density at radius 3 is 2.44 bits per heavy atom. The maximum atomic E-state index is 12.7. The molecule has 1 aliphatic heterocycles. The Balaban J connectivity index is 1.95. The van der Waals surface area contributed by atoms with Crippen molar-refractivity contribution in [3.63, 3.8) is 0 Å². The molecule has 0 aromatic heterocycles. The van der Waals surface area contributed by atoms with Crippen molar-refractivity contribution in [3.8, 4) is 0 Å². The number of carbonyl (C=O) groups is 1. The van der Waals surface area contributed by atoms with Gasteiger partial charge in [-0.2, -0.15) is 10.1 Å². The van der Waals surface area contributed by atoms with E-state index in [1.54, 1.807) is 5.01 Å². The van der Waals surface area contributed by atoms with Crippen LogP contribution >= 0.6 is 0 Å². The lowest BCUT2D eigenvalue weighted by molar-refractivity contribution is -0.125. The fourth-order valence-electron chi connectivity index (χ4n) is 3.12. The molecule has 1 amide bonds. The number of para-hydroxylation sites is 1. The van der Waals surface area contributed by atoms with Gasteiger partial charge in [0, 0.05) is 0 Å². The highest BCUT2D eigenvalue weighted by molar-refractivity contribution is 6.18. The lowest BCUT2D eigenvalue weighted by Gasteiger charge is -2.31. The van der Waals surface area contributed by atoms with Gasteiger partial charge in [0.1, 0.15) is 0 Å². The number of rotatable bonds is 1. The number of amides is 1. The second-order valence-electron chi connectivity index (χ2n) is 5.28. The molecule has 18 heavy (non-hydrogen) atoms. The third-order valence-electron chi connectivity index (χ3n) is 4.25. The second-order valence-corrected chi connectivity index (χ2v) is 5.28. The first kappa shape index (κ1) is 11.5. The van der Waals surface area contributed by atoms with Gasteiger partial charge in [-0.25, -0.2) is 0 Å². The lowest BCUT2D eigenvalue weighted by Crippen LogP contribution is -2.40. The van der Waals surface area contributed by atoms with E-state index in [1.165, 1.54) is 6.42 Å². The number of carbonyl (C=O) groups excluding carboxylic acids is 1. The van der Waals surface area contributed by atoms with Crippen molar-refractivity contribution in [1.82, 2.24) is 0 Å². The molecule has 0 unspecified atom stereocenters. The first-order chi connectivity index (χ1) is 8.74. The Hall–Kier alpha value is -1.64. The standard InChI is InChI=1S/C15H18N2O/c1-12-15(10-6-3-7-11-15)14(18)17(16-12)13-8-4-2-5-9-13/h2,4-5,8-9H,3,6-7,10-11H2,1H3. The monoisotopic (exact) mass is 242 g/mol. The Bertz CT molecular complexity index is 486. The summed E-state index contributed by atoms with van der Waals surface area (Å²) in [5, 5.41) is 6.12. The molecule has 0 radical (unpaired) electrons. The number of hydrogen-bond acceptors (Lipinski definition) is 2. The van der Waals surface area contributed by atoms with Crippen molar-refractivity contribution >= 4 is 17.3 Å². The van der Waals surface area contributed by atoms with Crippen LogP contribution in [0.1, 0.15) is 39.0 Å². The third-order valence-corrected chi connectivity index (χ3v) is 4.25. The van der Waals surface area contributed by atoms with Crippen molar-refractivity contribution < 1.29 is 4.79 Å². The van der Waals surface area contributed by atoms with Gasteiger partial charge in [-0.3, -0.25) is 4.79 Å². The lowest BCUT2D eigenvalue weighted by atomic mass is 9.71. The third kappa shape index (κ3) is 1.57. The fourth-order valence-corrected chi connectivity index (χ4v) is 3.12. The minimum Gasteiger partial charge on any atom is -0.271 e. The highest BCUT2D eigenvalue weighted by Crippen LogP contribution is 2.43. The fraction of sp³-hybridized carbons (Fsp3) is 0.467. The quantitative estimate of drug-likeness (QED) is 0.743. The molecule has 0 bridgehead atoms. The van der Waals surface area contributed by atoms with Gasteiger partial charge in [0.15, 0.2) is 0 Å². The summed E-state index contributed by atoms with van der Waals surface area (Å²) in [6.07, 6.45) is 5.45. The van der Waals surface area contributed by atoms with Crippen molar-refractivity contribution in [2.75, 3.05) is 5.01 Å². The maximum Gasteiger partial charge on any atom is 0.259 e. The highest BCUT2D eigenvalue weighted by Gasteiger charge is 2.49. The van der Waals surface area contributed by atoms with E-state index < -0.39 is 0 Å². The van der Waals surface area contributed by atoms with Crippen LogP contribution < -0.4 is 5.01 Å². The molecular weight excluding hydrogens is 224 g/mol. The minimum atomic E-state index is -0.298. The molecule has 1 fully saturated rings. The van der Waals surface area contributed by atoms with Crippen molar-refractivity contribution in [1.29, 1.82) is 0 Å². The van der Waals surface area contributed by atoms with Crippen LogP contribution in [0.5, 0.6) is 0 Å². The first-order valence-electron chi connectivity index (χ1n) is 6.69. The van der Waals surface area contributed by atoms with Gasteiger partial charge in [0.2, 0.25) is 0 Å². The number of benzene rings is 1. The van der Waals surface area contributed by atoms with Crippen LogP contribution in [0.4, 0.5) is 5.69 Å². The van der Waals surface area contributed by atoms with Crippen LogP contribution in [0.2, 0.25) is 0 Å². The summed E-state index contributed by atoms with van der Waals surface area (Å²) in [6, 6.07) is 9.72. The van der Waals surface area contributed by atoms with Crippen molar-refractivity contribution in [2.45, 2.75) is 39.0 Å². The van der Waals surface area contributed by atoms with Crippen molar-refractivity contribution in [2.24, 2.45) is 10.5 Å². The number of anilines is 1. The second kappa shape index (κ2) is 4.23. The molecular formula is C15H18N2O. The average Bonchev–Trinajstić information content (AvgIpc) is 2.66. The molecule has 0 atom stereocenters. The molecule has 2 aliphatic rings. The SMILES string of the molecule is CC1=NN(c2ccccc2)C(=O)C12CCCCC2. The highest BCUT2D eigenvalue weighted by atomic mass is 16.2. The Morgan fingerprint density at radius 2 is 1.78 bits per heavy atom. The Morgan fingerprint density at radius 1 is 1.11 bits per heavy atom. The topological polar surface area (TPSA) is 32.7 Å². The van der Waals surface area contributed by atoms with Crippen LogP contribution in [0.15, 0.2) is 35.4 Å². The smallest absolute Gasteiger partial charge is 0.259 e. The van der Waals surface area contributed by atoms with Crippen LogP contribution in [-0.2, 0) is 4.79 Å². The zero-order chi connectivity index (χ0) is 12.6. The molecule has 94 valence electrons. The van der Waals surface area contributed by atoms with E-state index in [0.29, 0.717) is 0 Å². The molecule has 3 rings (SSSR count). The molecule has 0 N–H and O–H groups in total. The average molecular weight is 242 g/mol. The van der Waals surface area contributed by atoms with Gasteiger partial charge in [-0.15, -0.1) is 0 Å². The molecule has 1 heterocycles. The predicted molar refractivity (Wildman–Crippen MR) is 72.6 cm³/mol.